The number of rotatable bonds is 4. The van der Waals surface area contributed by atoms with Crippen LogP contribution >= 0.6 is 34.8 Å². The summed E-state index contributed by atoms with van der Waals surface area (Å²) >= 11 is 18.4. The van der Waals surface area contributed by atoms with Gasteiger partial charge in [-0.3, -0.25) is 4.79 Å². The highest BCUT2D eigenvalue weighted by Gasteiger charge is 2.18. The maximum atomic E-state index is 12.4. The van der Waals surface area contributed by atoms with E-state index in [1.807, 2.05) is 30.3 Å². The fraction of sp³-hybridized carbons (Fsp3) is 0.111. The van der Waals surface area contributed by atoms with Gasteiger partial charge in [0.2, 0.25) is 5.91 Å². The molecule has 0 fully saturated rings. The van der Waals surface area contributed by atoms with Crippen molar-refractivity contribution in [3.8, 4) is 0 Å². The van der Waals surface area contributed by atoms with Crippen molar-refractivity contribution >= 4 is 57.3 Å². The van der Waals surface area contributed by atoms with Gasteiger partial charge >= 0.3 is 0 Å². The number of hydrogen-bond acceptors (Lipinski definition) is 2. The quantitative estimate of drug-likeness (QED) is 0.492. The molecule has 0 aliphatic rings. The molecule has 1 aromatic heterocycles. The van der Waals surface area contributed by atoms with Gasteiger partial charge in [0.15, 0.2) is 0 Å². The molecule has 1 atom stereocenters. The van der Waals surface area contributed by atoms with Gasteiger partial charge in [0, 0.05) is 5.39 Å². The Morgan fingerprint density at radius 2 is 1.79 bits per heavy atom. The summed E-state index contributed by atoms with van der Waals surface area (Å²) in [6, 6.07) is 16.4. The molecule has 0 radical (unpaired) electrons. The molecule has 0 bridgehead atoms. The normalized spacial score (nSPS) is 12.1. The van der Waals surface area contributed by atoms with E-state index in [1.54, 1.807) is 24.3 Å². The summed E-state index contributed by atoms with van der Waals surface area (Å²) in [5.74, 6) is -0.315. The number of amides is 1. The smallest absolute Gasteiger partial charge is 0.242 e. The molecule has 3 rings (SSSR count). The van der Waals surface area contributed by atoms with Crippen LogP contribution in [0.25, 0.3) is 10.9 Å². The molecule has 1 unspecified atom stereocenters. The van der Waals surface area contributed by atoms with Crippen molar-refractivity contribution in [2.24, 2.45) is 0 Å². The molecule has 3 nitrogen and oxygen atoms in total. The van der Waals surface area contributed by atoms with Gasteiger partial charge in [-0.05, 0) is 36.2 Å². The lowest BCUT2D eigenvalue weighted by molar-refractivity contribution is -0.115. The van der Waals surface area contributed by atoms with Gasteiger partial charge in [0.1, 0.15) is 10.5 Å². The molecule has 0 aliphatic carbocycles. The predicted octanol–water partition coefficient (Wildman–Crippen LogP) is 5.33. The Hall–Kier alpha value is -1.81. The average molecular weight is 380 g/mol. The number of halogens is 3. The largest absolute Gasteiger partial charge is 0.323 e. The zero-order valence-corrected chi connectivity index (χ0v) is 14.7. The zero-order valence-electron chi connectivity index (χ0n) is 12.5. The Kier molecular flexibility index (Phi) is 5.24. The Bertz CT molecular complexity index is 884. The Morgan fingerprint density at radius 3 is 2.54 bits per heavy atom. The number of pyridine rings is 1. The first-order chi connectivity index (χ1) is 11.5. The number of anilines is 1. The van der Waals surface area contributed by atoms with E-state index >= 15 is 0 Å². The third-order valence-corrected chi connectivity index (χ3v) is 4.45. The summed E-state index contributed by atoms with van der Waals surface area (Å²) in [5, 5.41) is 3.61. The standard InChI is InChI=1S/C18H13Cl3N2O/c19-13-7-8-15-12(6-9-16(21)22-15)17(13)23-18(24)14(20)10-11-4-2-1-3-5-11/h1-9,14H,10H2,(H,23,24). The molecular weight excluding hydrogens is 367 g/mol. The van der Waals surface area contributed by atoms with Crippen molar-refractivity contribution in [1.29, 1.82) is 0 Å². The molecule has 1 N–H and O–H groups in total. The van der Waals surface area contributed by atoms with Gasteiger partial charge in [0.25, 0.3) is 0 Å². The Morgan fingerprint density at radius 1 is 1.04 bits per heavy atom. The van der Waals surface area contributed by atoms with Gasteiger partial charge < -0.3 is 5.32 Å². The summed E-state index contributed by atoms with van der Waals surface area (Å²) in [6.07, 6.45) is 0.431. The minimum absolute atomic E-state index is 0.315. The summed E-state index contributed by atoms with van der Waals surface area (Å²) in [5.41, 5.74) is 2.13. The van der Waals surface area contributed by atoms with Gasteiger partial charge in [-0.25, -0.2) is 4.98 Å². The topological polar surface area (TPSA) is 42.0 Å². The summed E-state index contributed by atoms with van der Waals surface area (Å²) in [7, 11) is 0. The van der Waals surface area contributed by atoms with E-state index in [-0.39, 0.29) is 5.91 Å². The van der Waals surface area contributed by atoms with Gasteiger partial charge in [-0.2, -0.15) is 0 Å². The van der Waals surface area contributed by atoms with Crippen LogP contribution in [0.5, 0.6) is 0 Å². The van der Waals surface area contributed by atoms with Gasteiger partial charge in [-0.15, -0.1) is 11.6 Å². The number of fused-ring (bicyclic) bond motifs is 1. The number of hydrogen-bond donors (Lipinski definition) is 1. The van der Waals surface area contributed by atoms with Crippen LogP contribution < -0.4 is 5.32 Å². The molecule has 1 heterocycles. The van der Waals surface area contributed by atoms with E-state index in [9.17, 15) is 4.79 Å². The second kappa shape index (κ2) is 7.39. The van der Waals surface area contributed by atoms with Gasteiger partial charge in [0.05, 0.1) is 16.2 Å². The number of alkyl halides is 1. The summed E-state index contributed by atoms with van der Waals surface area (Å²) in [4.78, 5) is 16.7. The third kappa shape index (κ3) is 3.81. The number of aromatic nitrogens is 1. The first-order valence-electron chi connectivity index (χ1n) is 7.28. The molecule has 0 aliphatic heterocycles. The SMILES string of the molecule is O=C(Nc1c(Cl)ccc2nc(Cl)ccc12)C(Cl)Cc1ccccc1. The molecule has 1 amide bonds. The van der Waals surface area contributed by atoms with Crippen molar-refractivity contribution in [1.82, 2.24) is 4.98 Å². The lowest BCUT2D eigenvalue weighted by Crippen LogP contribution is -2.25. The molecule has 6 heteroatoms. The van der Waals surface area contributed by atoms with E-state index in [0.29, 0.717) is 33.2 Å². The Labute approximate surface area is 154 Å². The molecule has 0 saturated heterocycles. The zero-order chi connectivity index (χ0) is 17.1. The first-order valence-corrected chi connectivity index (χ1v) is 8.47. The maximum Gasteiger partial charge on any atom is 0.242 e. The van der Waals surface area contributed by atoms with Crippen molar-refractivity contribution in [3.05, 3.63) is 70.3 Å². The average Bonchev–Trinajstić information content (AvgIpc) is 2.58. The molecule has 122 valence electrons. The van der Waals surface area contributed by atoms with Crippen molar-refractivity contribution in [3.63, 3.8) is 0 Å². The highest BCUT2D eigenvalue weighted by molar-refractivity contribution is 6.37. The first kappa shape index (κ1) is 17.0. The lowest BCUT2D eigenvalue weighted by atomic mass is 10.1. The summed E-state index contributed by atoms with van der Waals surface area (Å²) in [6.45, 7) is 0. The number of nitrogens with one attached hydrogen (secondary N) is 1. The molecular formula is C18H13Cl3N2O. The maximum absolute atomic E-state index is 12.4. The van der Waals surface area contributed by atoms with E-state index in [1.165, 1.54) is 0 Å². The number of benzene rings is 2. The second-order valence-corrected chi connectivity index (χ2v) is 6.59. The highest BCUT2D eigenvalue weighted by atomic mass is 35.5. The molecule has 2 aromatic carbocycles. The van der Waals surface area contributed by atoms with Crippen LogP contribution in [-0.2, 0) is 11.2 Å². The fourth-order valence-corrected chi connectivity index (χ4v) is 2.99. The number of nitrogens with zero attached hydrogens (tertiary/aromatic N) is 1. The van der Waals surface area contributed by atoms with E-state index in [4.69, 9.17) is 34.8 Å². The minimum atomic E-state index is -0.709. The lowest BCUT2D eigenvalue weighted by Gasteiger charge is -2.14. The second-order valence-electron chi connectivity index (χ2n) is 5.27. The van der Waals surface area contributed by atoms with E-state index < -0.39 is 5.38 Å². The number of carbonyl (C=O) groups is 1. The van der Waals surface area contributed by atoms with E-state index in [2.05, 4.69) is 10.3 Å². The highest BCUT2D eigenvalue weighted by Crippen LogP contribution is 2.31. The molecule has 3 aromatic rings. The van der Waals surface area contributed by atoms with Crippen LogP contribution in [0.2, 0.25) is 10.2 Å². The van der Waals surface area contributed by atoms with E-state index in [0.717, 1.165) is 5.56 Å². The minimum Gasteiger partial charge on any atom is -0.323 e. The molecule has 0 saturated carbocycles. The predicted molar refractivity (Wildman–Crippen MR) is 100 cm³/mol. The van der Waals surface area contributed by atoms with Crippen LogP contribution in [0.4, 0.5) is 5.69 Å². The van der Waals surface area contributed by atoms with Crippen LogP contribution in [0.15, 0.2) is 54.6 Å². The molecule has 24 heavy (non-hydrogen) atoms. The van der Waals surface area contributed by atoms with Crippen LogP contribution in [-0.4, -0.2) is 16.3 Å². The third-order valence-electron chi connectivity index (χ3n) is 3.58. The fourth-order valence-electron chi connectivity index (χ4n) is 2.39. The van der Waals surface area contributed by atoms with Crippen molar-refractivity contribution in [2.75, 3.05) is 5.32 Å². The van der Waals surface area contributed by atoms with Crippen molar-refractivity contribution < 1.29 is 4.79 Å². The van der Waals surface area contributed by atoms with Crippen LogP contribution in [0.1, 0.15) is 5.56 Å². The monoisotopic (exact) mass is 378 g/mol. The van der Waals surface area contributed by atoms with Crippen molar-refractivity contribution in [2.45, 2.75) is 11.8 Å². The molecule has 0 spiro atoms. The van der Waals surface area contributed by atoms with Crippen LogP contribution in [0.3, 0.4) is 0 Å². The van der Waals surface area contributed by atoms with Gasteiger partial charge in [-0.1, -0.05) is 53.5 Å². The van der Waals surface area contributed by atoms with Crippen LogP contribution in [0, 0.1) is 0 Å². The Balaban J connectivity index is 1.83. The number of carbonyl (C=O) groups excluding carboxylic acids is 1. The summed E-state index contributed by atoms with van der Waals surface area (Å²) < 4.78 is 0.